The minimum Gasteiger partial charge on any atom is -0.397 e. The van der Waals surface area contributed by atoms with Gasteiger partial charge in [-0.1, -0.05) is 23.2 Å². The zero-order valence-corrected chi connectivity index (χ0v) is 12.4. The van der Waals surface area contributed by atoms with E-state index in [9.17, 15) is 4.79 Å². The maximum atomic E-state index is 11.8. The van der Waals surface area contributed by atoms with Crippen LogP contribution in [-0.4, -0.2) is 15.7 Å². The molecule has 106 valence electrons. The van der Waals surface area contributed by atoms with E-state index >= 15 is 0 Å². The summed E-state index contributed by atoms with van der Waals surface area (Å²) in [5.41, 5.74) is 7.46. The van der Waals surface area contributed by atoms with E-state index in [1.54, 1.807) is 29.1 Å². The molecule has 0 aliphatic heterocycles. The van der Waals surface area contributed by atoms with Crippen LogP contribution in [0.3, 0.4) is 0 Å². The lowest BCUT2D eigenvalue weighted by atomic mass is 10.2. The van der Waals surface area contributed by atoms with Gasteiger partial charge in [-0.2, -0.15) is 5.10 Å². The Morgan fingerprint density at radius 3 is 2.75 bits per heavy atom. The van der Waals surface area contributed by atoms with Gasteiger partial charge in [-0.25, -0.2) is 0 Å². The van der Waals surface area contributed by atoms with Crippen molar-refractivity contribution in [1.82, 2.24) is 9.78 Å². The molecule has 1 aromatic heterocycles. The van der Waals surface area contributed by atoms with Crippen molar-refractivity contribution in [3.63, 3.8) is 0 Å². The number of nitrogens with one attached hydrogen (secondary N) is 1. The average Bonchev–Trinajstić information content (AvgIpc) is 2.71. The first-order valence-electron chi connectivity index (χ1n) is 6.00. The van der Waals surface area contributed by atoms with Crippen LogP contribution in [0.25, 0.3) is 0 Å². The Morgan fingerprint density at radius 1 is 1.40 bits per heavy atom. The lowest BCUT2D eigenvalue weighted by Crippen LogP contribution is -2.14. The molecule has 5 nitrogen and oxygen atoms in total. The largest absolute Gasteiger partial charge is 0.397 e. The van der Waals surface area contributed by atoms with Gasteiger partial charge >= 0.3 is 0 Å². The summed E-state index contributed by atoms with van der Waals surface area (Å²) in [6, 6.07) is 4.96. The van der Waals surface area contributed by atoms with E-state index in [-0.39, 0.29) is 5.91 Å². The molecule has 1 amide bonds. The van der Waals surface area contributed by atoms with Crippen LogP contribution in [0.5, 0.6) is 0 Å². The fourth-order valence-electron chi connectivity index (χ4n) is 1.67. The SMILES string of the molecule is Cc1nn(CCC(=O)Nc2ccc(Cl)c(N)c2)cc1Cl. The summed E-state index contributed by atoms with van der Waals surface area (Å²) >= 11 is 11.7. The van der Waals surface area contributed by atoms with Crippen LogP contribution < -0.4 is 11.1 Å². The molecule has 0 saturated carbocycles. The Bertz CT molecular complexity index is 620. The summed E-state index contributed by atoms with van der Waals surface area (Å²) < 4.78 is 1.65. The predicted octanol–water partition coefficient (Wildman–Crippen LogP) is 3.11. The number of carbonyl (C=O) groups excluding carboxylic acids is 1. The van der Waals surface area contributed by atoms with Gasteiger partial charge in [0.1, 0.15) is 0 Å². The van der Waals surface area contributed by atoms with E-state index in [2.05, 4.69) is 10.4 Å². The van der Waals surface area contributed by atoms with Gasteiger partial charge in [-0.15, -0.1) is 0 Å². The highest BCUT2D eigenvalue weighted by Crippen LogP contribution is 2.22. The molecule has 0 atom stereocenters. The normalized spacial score (nSPS) is 10.6. The molecule has 0 spiro atoms. The number of nitrogen functional groups attached to an aromatic ring is 1. The number of hydrogen-bond acceptors (Lipinski definition) is 3. The van der Waals surface area contributed by atoms with Gasteiger partial charge in [-0.3, -0.25) is 9.48 Å². The second kappa shape index (κ2) is 6.15. The molecule has 0 fully saturated rings. The predicted molar refractivity (Wildman–Crippen MR) is 81.1 cm³/mol. The van der Waals surface area contributed by atoms with Crippen LogP contribution in [0.4, 0.5) is 11.4 Å². The van der Waals surface area contributed by atoms with E-state index in [1.807, 2.05) is 6.92 Å². The first-order valence-corrected chi connectivity index (χ1v) is 6.75. The topological polar surface area (TPSA) is 72.9 Å². The average molecular weight is 313 g/mol. The molecule has 1 heterocycles. The molecule has 2 aromatic rings. The van der Waals surface area contributed by atoms with Gasteiger partial charge < -0.3 is 11.1 Å². The lowest BCUT2D eigenvalue weighted by Gasteiger charge is -2.07. The quantitative estimate of drug-likeness (QED) is 0.852. The minimum absolute atomic E-state index is 0.129. The van der Waals surface area contributed by atoms with Crippen molar-refractivity contribution in [3.8, 4) is 0 Å². The highest BCUT2D eigenvalue weighted by molar-refractivity contribution is 6.33. The number of nitrogens with two attached hydrogens (primary N) is 1. The van der Waals surface area contributed by atoms with Gasteiger partial charge in [0.15, 0.2) is 0 Å². The van der Waals surface area contributed by atoms with Crippen LogP contribution in [0.15, 0.2) is 24.4 Å². The number of aryl methyl sites for hydroxylation is 2. The number of amides is 1. The fourth-order valence-corrected chi connectivity index (χ4v) is 1.94. The summed E-state index contributed by atoms with van der Waals surface area (Å²) in [6.45, 7) is 2.28. The third-order valence-corrected chi connectivity index (χ3v) is 3.45. The van der Waals surface area contributed by atoms with Crippen LogP contribution in [0.1, 0.15) is 12.1 Å². The molecule has 0 saturated heterocycles. The van der Waals surface area contributed by atoms with Crippen molar-refractivity contribution in [3.05, 3.63) is 40.1 Å². The zero-order chi connectivity index (χ0) is 14.7. The van der Waals surface area contributed by atoms with E-state index < -0.39 is 0 Å². The minimum atomic E-state index is -0.129. The fraction of sp³-hybridized carbons (Fsp3) is 0.231. The van der Waals surface area contributed by atoms with E-state index in [1.165, 1.54) is 0 Å². The van der Waals surface area contributed by atoms with Crippen molar-refractivity contribution < 1.29 is 4.79 Å². The molecule has 0 bridgehead atoms. The summed E-state index contributed by atoms with van der Waals surface area (Å²) in [5.74, 6) is -0.129. The van der Waals surface area contributed by atoms with Crippen LogP contribution in [0.2, 0.25) is 10.0 Å². The van der Waals surface area contributed by atoms with Gasteiger partial charge in [0, 0.05) is 24.8 Å². The molecule has 2 rings (SSSR count). The molecule has 7 heteroatoms. The number of benzene rings is 1. The number of halogens is 2. The lowest BCUT2D eigenvalue weighted by molar-refractivity contribution is -0.116. The van der Waals surface area contributed by atoms with E-state index in [0.29, 0.717) is 34.4 Å². The van der Waals surface area contributed by atoms with Crippen LogP contribution >= 0.6 is 23.2 Å². The molecule has 0 aliphatic rings. The van der Waals surface area contributed by atoms with Crippen LogP contribution in [0, 0.1) is 6.92 Å². The van der Waals surface area contributed by atoms with Gasteiger partial charge in [-0.05, 0) is 25.1 Å². The number of nitrogens with zero attached hydrogens (tertiary/aromatic N) is 2. The molecule has 0 aliphatic carbocycles. The standard InChI is InChI=1S/C13H14Cl2N4O/c1-8-11(15)7-19(18-8)5-4-13(20)17-9-2-3-10(14)12(16)6-9/h2-3,6-7H,4-5,16H2,1H3,(H,17,20). The van der Waals surface area contributed by atoms with E-state index in [4.69, 9.17) is 28.9 Å². The van der Waals surface area contributed by atoms with E-state index in [0.717, 1.165) is 5.69 Å². The van der Waals surface area contributed by atoms with Crippen LogP contribution in [-0.2, 0) is 11.3 Å². The number of anilines is 2. The zero-order valence-electron chi connectivity index (χ0n) is 10.9. The van der Waals surface area contributed by atoms with Gasteiger partial charge in [0.2, 0.25) is 5.91 Å². The first kappa shape index (κ1) is 14.7. The monoisotopic (exact) mass is 312 g/mol. The smallest absolute Gasteiger partial charge is 0.226 e. The maximum absolute atomic E-state index is 11.8. The molecule has 0 unspecified atom stereocenters. The highest BCUT2D eigenvalue weighted by Gasteiger charge is 2.06. The van der Waals surface area contributed by atoms with Crippen molar-refractivity contribution in [2.24, 2.45) is 0 Å². The highest BCUT2D eigenvalue weighted by atomic mass is 35.5. The molecule has 1 aromatic carbocycles. The van der Waals surface area contributed by atoms with Crippen molar-refractivity contribution >= 4 is 40.5 Å². The van der Waals surface area contributed by atoms with Crippen molar-refractivity contribution in [2.45, 2.75) is 19.9 Å². The van der Waals surface area contributed by atoms with Gasteiger partial charge in [0.25, 0.3) is 0 Å². The first-order chi connectivity index (χ1) is 9.45. The summed E-state index contributed by atoms with van der Waals surface area (Å²) in [5, 5.41) is 7.99. The second-order valence-corrected chi connectivity index (χ2v) is 5.17. The van der Waals surface area contributed by atoms with Crippen molar-refractivity contribution in [2.75, 3.05) is 11.1 Å². The molecular formula is C13H14Cl2N4O. The Morgan fingerprint density at radius 2 is 2.15 bits per heavy atom. The number of hydrogen-bond donors (Lipinski definition) is 2. The summed E-state index contributed by atoms with van der Waals surface area (Å²) in [4.78, 5) is 11.8. The third-order valence-electron chi connectivity index (χ3n) is 2.73. The molecular weight excluding hydrogens is 299 g/mol. The van der Waals surface area contributed by atoms with Crippen molar-refractivity contribution in [1.29, 1.82) is 0 Å². The number of aromatic nitrogens is 2. The number of rotatable bonds is 4. The Balaban J connectivity index is 1.90. The van der Waals surface area contributed by atoms with Gasteiger partial charge in [0.05, 0.1) is 21.4 Å². The number of carbonyl (C=O) groups is 1. The second-order valence-electron chi connectivity index (χ2n) is 4.36. The maximum Gasteiger partial charge on any atom is 0.226 e. The molecule has 20 heavy (non-hydrogen) atoms. The Kier molecular flexibility index (Phi) is 4.52. The Hall–Kier alpha value is -1.72. The third kappa shape index (κ3) is 3.65. The summed E-state index contributed by atoms with van der Waals surface area (Å²) in [7, 11) is 0. The molecule has 0 radical (unpaired) electrons. The molecule has 3 N–H and O–H groups in total. The Labute approximate surface area is 126 Å². The summed E-state index contributed by atoms with van der Waals surface area (Å²) in [6.07, 6.45) is 1.99.